The minimum atomic E-state index is -0.204. The summed E-state index contributed by atoms with van der Waals surface area (Å²) in [5.74, 6) is 0.239. The van der Waals surface area contributed by atoms with Gasteiger partial charge in [0.05, 0.1) is 27.8 Å². The van der Waals surface area contributed by atoms with Crippen LogP contribution in [0.15, 0.2) is 47.5 Å². The normalized spacial score (nSPS) is 13.9. The third kappa shape index (κ3) is 3.44. The summed E-state index contributed by atoms with van der Waals surface area (Å²) in [6, 6.07) is 12.0. The van der Waals surface area contributed by atoms with Gasteiger partial charge >= 0.3 is 0 Å². The minimum absolute atomic E-state index is 0.204. The fraction of sp³-hybridized carbons (Fsp3) is 0.125. The first kappa shape index (κ1) is 16.1. The number of rotatable bonds is 2. The Morgan fingerprint density at radius 2 is 1.87 bits per heavy atom. The Kier molecular flexibility index (Phi) is 4.76. The first-order valence-corrected chi connectivity index (χ1v) is 8.02. The molecule has 1 amide bonds. The smallest absolute Gasteiger partial charge is 0.262 e. The molecule has 3 rings (SSSR count). The van der Waals surface area contributed by atoms with Crippen molar-refractivity contribution in [2.45, 2.75) is 0 Å². The topological polar surface area (TPSA) is 44.7 Å². The van der Waals surface area contributed by atoms with Gasteiger partial charge in [-0.25, -0.2) is 0 Å². The molecule has 2 aromatic carbocycles. The van der Waals surface area contributed by atoms with Crippen molar-refractivity contribution in [2.24, 2.45) is 4.99 Å². The molecule has 1 aliphatic heterocycles. The van der Waals surface area contributed by atoms with Crippen LogP contribution >= 0.6 is 34.8 Å². The summed E-state index contributed by atoms with van der Waals surface area (Å²) in [7, 11) is 0. The molecule has 0 radical (unpaired) electrons. The molecule has 0 unspecified atom stereocenters. The first-order chi connectivity index (χ1) is 11.1. The Morgan fingerprint density at radius 1 is 1.09 bits per heavy atom. The summed E-state index contributed by atoms with van der Waals surface area (Å²) in [5.41, 5.74) is 1.07. The van der Waals surface area contributed by atoms with Crippen molar-refractivity contribution >= 4 is 52.4 Å². The maximum absolute atomic E-state index is 12.7. The Balaban J connectivity index is 1.83. The van der Waals surface area contributed by atoms with E-state index in [9.17, 15) is 4.79 Å². The van der Waals surface area contributed by atoms with Gasteiger partial charge in [-0.1, -0.05) is 46.9 Å². The Labute approximate surface area is 148 Å². The van der Waals surface area contributed by atoms with Gasteiger partial charge in [0.15, 0.2) is 0 Å². The summed E-state index contributed by atoms with van der Waals surface area (Å²) < 4.78 is 0. The molecule has 1 heterocycles. The lowest BCUT2D eigenvalue weighted by Gasteiger charge is -2.20. The number of nitrogens with one attached hydrogen (secondary N) is 1. The van der Waals surface area contributed by atoms with E-state index in [0.29, 0.717) is 45.4 Å². The number of carbonyl (C=O) groups is 1. The third-order valence-corrected chi connectivity index (χ3v) is 4.25. The van der Waals surface area contributed by atoms with Gasteiger partial charge in [0, 0.05) is 11.6 Å². The van der Waals surface area contributed by atoms with Crippen LogP contribution in [0, 0.1) is 0 Å². The number of hydrogen-bond donors (Lipinski definition) is 1. The van der Waals surface area contributed by atoms with Crippen molar-refractivity contribution in [3.8, 4) is 0 Å². The molecule has 7 heteroatoms. The highest BCUT2D eigenvalue weighted by Crippen LogP contribution is 2.26. The summed E-state index contributed by atoms with van der Waals surface area (Å²) in [5, 5.41) is 4.48. The van der Waals surface area contributed by atoms with E-state index in [2.05, 4.69) is 10.3 Å². The van der Waals surface area contributed by atoms with Gasteiger partial charge in [-0.15, -0.1) is 0 Å². The van der Waals surface area contributed by atoms with Gasteiger partial charge in [0.1, 0.15) is 0 Å². The fourth-order valence-corrected chi connectivity index (χ4v) is 2.92. The van der Waals surface area contributed by atoms with Crippen LogP contribution in [0.3, 0.4) is 0 Å². The maximum atomic E-state index is 12.7. The number of guanidine groups is 1. The fourth-order valence-electron chi connectivity index (χ4n) is 2.24. The van der Waals surface area contributed by atoms with Crippen LogP contribution < -0.4 is 5.32 Å². The van der Waals surface area contributed by atoms with Crippen molar-refractivity contribution in [3.63, 3.8) is 0 Å². The maximum Gasteiger partial charge on any atom is 0.262 e. The van der Waals surface area contributed by atoms with E-state index in [1.54, 1.807) is 47.4 Å². The van der Waals surface area contributed by atoms with Crippen LogP contribution in [0.4, 0.5) is 5.69 Å². The molecular weight excluding hydrogens is 357 g/mol. The predicted octanol–water partition coefficient (Wildman–Crippen LogP) is 4.57. The average Bonchev–Trinajstić information content (AvgIpc) is 2.98. The predicted molar refractivity (Wildman–Crippen MR) is 94.9 cm³/mol. The van der Waals surface area contributed by atoms with Crippen LogP contribution in [0.5, 0.6) is 0 Å². The number of carbonyl (C=O) groups excluding carboxylic acids is 1. The van der Waals surface area contributed by atoms with Gasteiger partial charge in [0.2, 0.25) is 5.96 Å². The minimum Gasteiger partial charge on any atom is -0.324 e. The van der Waals surface area contributed by atoms with E-state index in [1.807, 2.05) is 0 Å². The lowest BCUT2D eigenvalue weighted by molar-refractivity contribution is 0.0858. The van der Waals surface area contributed by atoms with E-state index >= 15 is 0 Å². The van der Waals surface area contributed by atoms with Crippen molar-refractivity contribution in [1.29, 1.82) is 0 Å². The standard InChI is InChI=1S/C16H12Cl3N3O/c17-10-5-6-14(13(19)9-10)21-16-20-7-8-22(16)15(23)11-3-1-2-4-12(11)18/h1-6,9H,7-8H2,(H,20,21). The Morgan fingerprint density at radius 3 is 2.61 bits per heavy atom. The highest BCUT2D eigenvalue weighted by molar-refractivity contribution is 6.37. The van der Waals surface area contributed by atoms with Crippen LogP contribution in [-0.4, -0.2) is 29.9 Å². The number of benzene rings is 2. The van der Waals surface area contributed by atoms with Gasteiger partial charge in [-0.05, 0) is 30.3 Å². The van der Waals surface area contributed by atoms with Gasteiger partial charge in [-0.2, -0.15) is 0 Å². The number of hydrogen-bond acceptors (Lipinski definition) is 3. The summed E-state index contributed by atoms with van der Waals surface area (Å²) >= 11 is 18.1. The monoisotopic (exact) mass is 367 g/mol. The zero-order valence-electron chi connectivity index (χ0n) is 11.9. The molecule has 0 fully saturated rings. The van der Waals surface area contributed by atoms with E-state index in [1.165, 1.54) is 0 Å². The summed E-state index contributed by atoms with van der Waals surface area (Å²) in [6.45, 7) is 1.00. The summed E-state index contributed by atoms with van der Waals surface area (Å²) in [6.07, 6.45) is 0. The molecule has 4 nitrogen and oxygen atoms in total. The van der Waals surface area contributed by atoms with Gasteiger partial charge < -0.3 is 5.32 Å². The van der Waals surface area contributed by atoms with E-state index in [0.717, 1.165) is 0 Å². The lowest BCUT2D eigenvalue weighted by Crippen LogP contribution is -2.38. The van der Waals surface area contributed by atoms with E-state index in [4.69, 9.17) is 34.8 Å². The number of amides is 1. The highest BCUT2D eigenvalue weighted by Gasteiger charge is 2.26. The van der Waals surface area contributed by atoms with Crippen LogP contribution in [-0.2, 0) is 0 Å². The zero-order valence-corrected chi connectivity index (χ0v) is 14.2. The van der Waals surface area contributed by atoms with Crippen molar-refractivity contribution in [1.82, 2.24) is 4.90 Å². The lowest BCUT2D eigenvalue weighted by atomic mass is 10.2. The van der Waals surface area contributed by atoms with E-state index < -0.39 is 0 Å². The Hall–Kier alpha value is -1.75. The molecule has 1 N–H and O–H groups in total. The molecule has 0 aliphatic carbocycles. The van der Waals surface area contributed by atoms with Gasteiger partial charge in [0.25, 0.3) is 5.91 Å². The number of nitrogens with zero attached hydrogens (tertiary/aromatic N) is 2. The molecular formula is C16H12Cl3N3O. The van der Waals surface area contributed by atoms with Crippen LogP contribution in [0.1, 0.15) is 10.4 Å². The molecule has 0 saturated carbocycles. The molecule has 118 valence electrons. The number of anilines is 1. The molecule has 2 aromatic rings. The molecule has 0 spiro atoms. The highest BCUT2D eigenvalue weighted by atomic mass is 35.5. The molecule has 23 heavy (non-hydrogen) atoms. The second-order valence-electron chi connectivity index (χ2n) is 4.89. The largest absolute Gasteiger partial charge is 0.324 e. The SMILES string of the molecule is O=C(c1ccccc1Cl)N1CCN=C1Nc1ccc(Cl)cc1Cl. The van der Waals surface area contributed by atoms with E-state index in [-0.39, 0.29) is 5.91 Å². The molecule has 0 bridgehead atoms. The van der Waals surface area contributed by atoms with Crippen molar-refractivity contribution in [3.05, 3.63) is 63.1 Å². The average molecular weight is 369 g/mol. The molecule has 0 atom stereocenters. The first-order valence-electron chi connectivity index (χ1n) is 6.89. The molecule has 1 aliphatic rings. The second kappa shape index (κ2) is 6.79. The second-order valence-corrected chi connectivity index (χ2v) is 6.14. The molecule has 0 saturated heterocycles. The van der Waals surface area contributed by atoms with Gasteiger partial charge in [-0.3, -0.25) is 14.7 Å². The Bertz CT molecular complexity index is 792. The number of aliphatic imine (C=N–C) groups is 1. The van der Waals surface area contributed by atoms with Crippen molar-refractivity contribution in [2.75, 3.05) is 18.4 Å². The third-order valence-electron chi connectivity index (χ3n) is 3.37. The van der Waals surface area contributed by atoms with Crippen LogP contribution in [0.25, 0.3) is 0 Å². The number of halogens is 3. The van der Waals surface area contributed by atoms with Crippen molar-refractivity contribution < 1.29 is 4.79 Å². The summed E-state index contributed by atoms with van der Waals surface area (Å²) in [4.78, 5) is 18.5. The zero-order chi connectivity index (χ0) is 16.4. The molecule has 0 aromatic heterocycles. The quantitative estimate of drug-likeness (QED) is 0.844. The van der Waals surface area contributed by atoms with Crippen LogP contribution in [0.2, 0.25) is 15.1 Å².